The van der Waals surface area contributed by atoms with Crippen molar-refractivity contribution in [2.75, 3.05) is 17.8 Å². The number of nitrogens with zero attached hydrogens (tertiary/aromatic N) is 1. The molecule has 178 valence electrons. The Morgan fingerprint density at radius 2 is 1.65 bits per heavy atom. The van der Waals surface area contributed by atoms with Crippen molar-refractivity contribution in [3.05, 3.63) is 95.6 Å². The molecule has 2 N–H and O–H groups in total. The average molecular weight is 487 g/mol. The zero-order valence-electron chi connectivity index (χ0n) is 18.4. The fourth-order valence-electron chi connectivity index (χ4n) is 4.00. The molecule has 34 heavy (non-hydrogen) atoms. The number of piperidine rings is 1. The first-order valence-corrected chi connectivity index (χ1v) is 11.8. The highest BCUT2D eigenvalue weighted by Crippen LogP contribution is 2.32. The lowest BCUT2D eigenvalue weighted by molar-refractivity contribution is -0.137. The van der Waals surface area contributed by atoms with Crippen LogP contribution in [-0.4, -0.2) is 34.6 Å². The van der Waals surface area contributed by atoms with E-state index in [1.54, 1.807) is 35.2 Å². The summed E-state index contributed by atoms with van der Waals surface area (Å²) >= 11 is 1.07. The number of anilines is 1. The maximum atomic E-state index is 12.9. The quantitative estimate of drug-likeness (QED) is 0.418. The summed E-state index contributed by atoms with van der Waals surface area (Å²) in [5.41, 5.74) is 0.776. The van der Waals surface area contributed by atoms with E-state index in [0.717, 1.165) is 29.6 Å². The molecule has 1 saturated heterocycles. The molecule has 0 atom stereocenters. The Balaban J connectivity index is 1.30. The summed E-state index contributed by atoms with van der Waals surface area (Å²) in [5.74, 6) is -0.0983. The molecule has 3 aromatic rings. The molecule has 0 unspecified atom stereocenters. The molecule has 1 heterocycles. The fraction of sp³-hybridized carbons (Fsp3) is 0.269. The topological polar surface area (TPSA) is 52.6 Å². The number of rotatable bonds is 6. The highest BCUT2D eigenvalue weighted by molar-refractivity contribution is 8.00. The number of carbonyl (C=O) groups is 1. The van der Waals surface area contributed by atoms with Crippen LogP contribution in [0, 0.1) is 0 Å². The lowest BCUT2D eigenvalue weighted by Crippen LogP contribution is -2.47. The monoisotopic (exact) mass is 486 g/mol. The smallest absolute Gasteiger partial charge is 0.389 e. The highest BCUT2D eigenvalue weighted by Gasteiger charge is 2.34. The fourth-order valence-corrected chi connectivity index (χ4v) is 4.70. The third-order valence-electron chi connectivity index (χ3n) is 5.94. The highest BCUT2D eigenvalue weighted by atomic mass is 32.2. The number of nitrogens with one attached hydrogen (secondary N) is 1. The summed E-state index contributed by atoms with van der Waals surface area (Å²) < 4.78 is 41.6. The van der Waals surface area contributed by atoms with Crippen LogP contribution in [0.15, 0.2) is 83.8 Å². The van der Waals surface area contributed by atoms with E-state index in [-0.39, 0.29) is 5.91 Å². The standard InChI is InChI=1S/C26H25F3N2O2S/c27-26(28,29)21-7-4-8-23(17-21)34-30-22-11-9-20(10-12-22)24(32)31-15-13-25(33,14-16-31)18-19-5-2-1-3-6-19/h1-12,17,30,33H,13-16,18H2. The normalized spacial score (nSPS) is 15.7. The van der Waals surface area contributed by atoms with Gasteiger partial charge < -0.3 is 14.7 Å². The van der Waals surface area contributed by atoms with Gasteiger partial charge in [-0.05, 0) is 72.8 Å². The van der Waals surface area contributed by atoms with E-state index >= 15 is 0 Å². The first-order valence-electron chi connectivity index (χ1n) is 11.0. The number of aliphatic hydroxyl groups is 1. The van der Waals surface area contributed by atoms with Crippen molar-refractivity contribution in [1.29, 1.82) is 0 Å². The van der Waals surface area contributed by atoms with Crippen LogP contribution in [0.2, 0.25) is 0 Å². The number of hydrogen-bond donors (Lipinski definition) is 2. The van der Waals surface area contributed by atoms with Crippen molar-refractivity contribution < 1.29 is 23.1 Å². The van der Waals surface area contributed by atoms with E-state index in [2.05, 4.69) is 4.72 Å². The number of alkyl halides is 3. The van der Waals surface area contributed by atoms with Gasteiger partial charge in [0.15, 0.2) is 0 Å². The second kappa shape index (κ2) is 10.1. The van der Waals surface area contributed by atoms with Gasteiger partial charge in [-0.3, -0.25) is 4.79 Å². The molecule has 0 bridgehead atoms. The molecule has 3 aromatic carbocycles. The molecule has 1 aliphatic heterocycles. The third kappa shape index (κ3) is 6.12. The summed E-state index contributed by atoms with van der Waals surface area (Å²) in [6.45, 7) is 0.959. The summed E-state index contributed by atoms with van der Waals surface area (Å²) in [5, 5.41) is 10.9. The largest absolute Gasteiger partial charge is 0.416 e. The second-order valence-electron chi connectivity index (χ2n) is 8.49. The number of halogens is 3. The van der Waals surface area contributed by atoms with Gasteiger partial charge in [0.05, 0.1) is 11.2 Å². The van der Waals surface area contributed by atoms with Crippen molar-refractivity contribution in [3.8, 4) is 0 Å². The van der Waals surface area contributed by atoms with Crippen LogP contribution >= 0.6 is 11.9 Å². The summed E-state index contributed by atoms with van der Waals surface area (Å²) in [6, 6.07) is 21.8. The molecular weight excluding hydrogens is 461 g/mol. The van der Waals surface area contributed by atoms with E-state index in [9.17, 15) is 23.1 Å². The molecule has 0 aromatic heterocycles. The van der Waals surface area contributed by atoms with Crippen LogP contribution in [-0.2, 0) is 12.6 Å². The minimum absolute atomic E-state index is 0.0983. The zero-order valence-corrected chi connectivity index (χ0v) is 19.2. The molecular formula is C26H25F3N2O2S. The minimum Gasteiger partial charge on any atom is -0.389 e. The maximum absolute atomic E-state index is 12.9. The van der Waals surface area contributed by atoms with Crippen LogP contribution in [0.25, 0.3) is 0 Å². The van der Waals surface area contributed by atoms with E-state index in [1.165, 1.54) is 6.07 Å². The SMILES string of the molecule is O=C(c1ccc(NSc2cccc(C(F)(F)F)c2)cc1)N1CCC(O)(Cc2ccccc2)CC1. The Bertz CT molecular complexity index is 1110. The van der Waals surface area contributed by atoms with Crippen LogP contribution < -0.4 is 4.72 Å². The van der Waals surface area contributed by atoms with Crippen LogP contribution in [0.5, 0.6) is 0 Å². The predicted octanol–water partition coefficient (Wildman–Crippen LogP) is 6.03. The molecule has 0 radical (unpaired) electrons. The summed E-state index contributed by atoms with van der Waals surface area (Å²) in [7, 11) is 0. The molecule has 1 fully saturated rings. The van der Waals surface area contributed by atoms with Gasteiger partial charge in [0.1, 0.15) is 0 Å². The van der Waals surface area contributed by atoms with Gasteiger partial charge in [0, 0.05) is 35.7 Å². The summed E-state index contributed by atoms with van der Waals surface area (Å²) in [4.78, 5) is 15.1. The predicted molar refractivity (Wildman–Crippen MR) is 128 cm³/mol. The first kappa shape index (κ1) is 24.2. The molecule has 0 saturated carbocycles. The van der Waals surface area contributed by atoms with Crippen molar-refractivity contribution in [1.82, 2.24) is 4.90 Å². The van der Waals surface area contributed by atoms with Gasteiger partial charge in [0.2, 0.25) is 0 Å². The van der Waals surface area contributed by atoms with E-state index in [1.807, 2.05) is 30.3 Å². The van der Waals surface area contributed by atoms with Crippen molar-refractivity contribution in [2.45, 2.75) is 35.9 Å². The Hall–Kier alpha value is -2.97. The average Bonchev–Trinajstić information content (AvgIpc) is 2.83. The third-order valence-corrected chi connectivity index (χ3v) is 6.76. The minimum atomic E-state index is -4.38. The zero-order chi connectivity index (χ0) is 24.2. The van der Waals surface area contributed by atoms with Gasteiger partial charge in [-0.2, -0.15) is 13.2 Å². The lowest BCUT2D eigenvalue weighted by atomic mass is 9.85. The maximum Gasteiger partial charge on any atom is 0.416 e. The lowest BCUT2D eigenvalue weighted by Gasteiger charge is -2.38. The van der Waals surface area contributed by atoms with Crippen LogP contribution in [0.1, 0.15) is 34.3 Å². The van der Waals surface area contributed by atoms with Crippen LogP contribution in [0.4, 0.5) is 18.9 Å². The van der Waals surface area contributed by atoms with Crippen molar-refractivity contribution in [2.24, 2.45) is 0 Å². The molecule has 1 amide bonds. The number of carbonyl (C=O) groups excluding carboxylic acids is 1. The molecule has 1 aliphatic rings. The van der Waals surface area contributed by atoms with E-state index < -0.39 is 17.3 Å². The summed E-state index contributed by atoms with van der Waals surface area (Å²) in [6.07, 6.45) is -2.79. The number of amides is 1. The number of benzene rings is 3. The van der Waals surface area contributed by atoms with Crippen LogP contribution in [0.3, 0.4) is 0 Å². The van der Waals surface area contributed by atoms with Crippen molar-refractivity contribution in [3.63, 3.8) is 0 Å². The number of hydrogen-bond acceptors (Lipinski definition) is 4. The molecule has 4 nitrogen and oxygen atoms in total. The van der Waals surface area contributed by atoms with Gasteiger partial charge in [-0.1, -0.05) is 36.4 Å². The molecule has 0 aliphatic carbocycles. The van der Waals surface area contributed by atoms with E-state index in [4.69, 9.17) is 0 Å². The van der Waals surface area contributed by atoms with E-state index in [0.29, 0.717) is 48.5 Å². The molecule has 0 spiro atoms. The molecule has 4 rings (SSSR count). The molecule has 8 heteroatoms. The second-order valence-corrected chi connectivity index (χ2v) is 9.37. The Labute approximate surface area is 200 Å². The van der Waals surface area contributed by atoms with Gasteiger partial charge in [-0.25, -0.2) is 0 Å². The van der Waals surface area contributed by atoms with Crippen molar-refractivity contribution >= 4 is 23.5 Å². The van der Waals surface area contributed by atoms with Gasteiger partial charge in [0.25, 0.3) is 5.91 Å². The Morgan fingerprint density at radius 3 is 2.29 bits per heavy atom. The van der Waals surface area contributed by atoms with Gasteiger partial charge in [-0.15, -0.1) is 0 Å². The Morgan fingerprint density at radius 1 is 0.971 bits per heavy atom. The Kier molecular flexibility index (Phi) is 7.19. The van der Waals surface area contributed by atoms with Gasteiger partial charge >= 0.3 is 6.18 Å². The first-order chi connectivity index (χ1) is 16.2. The number of likely N-dealkylation sites (tertiary alicyclic amines) is 1.